The summed E-state index contributed by atoms with van der Waals surface area (Å²) in [6.07, 6.45) is 1.05. The number of hydrogen-bond acceptors (Lipinski definition) is 5. The van der Waals surface area contributed by atoms with Crippen LogP contribution in [0.2, 0.25) is 0 Å². The van der Waals surface area contributed by atoms with Gasteiger partial charge >= 0.3 is 0 Å². The molecule has 7 heteroatoms. The molecule has 1 aromatic carbocycles. The zero-order valence-corrected chi connectivity index (χ0v) is 13.7. The summed E-state index contributed by atoms with van der Waals surface area (Å²) in [5.74, 6) is 0.534. The Labute approximate surface area is 127 Å². The van der Waals surface area contributed by atoms with E-state index in [9.17, 15) is 8.42 Å². The molecule has 0 saturated carbocycles. The van der Waals surface area contributed by atoms with E-state index in [1.165, 1.54) is 19.2 Å². The molecule has 0 aliphatic heterocycles. The number of ether oxygens (including phenoxy) is 1. The number of sulfonamides is 1. The molecule has 0 aromatic heterocycles. The zero-order chi connectivity index (χ0) is 15.9. The highest BCUT2D eigenvalue weighted by molar-refractivity contribution is 7.89. The van der Waals surface area contributed by atoms with Gasteiger partial charge in [0.15, 0.2) is 0 Å². The van der Waals surface area contributed by atoms with Gasteiger partial charge in [0.2, 0.25) is 10.0 Å². The Morgan fingerprint density at radius 1 is 1.29 bits per heavy atom. The summed E-state index contributed by atoms with van der Waals surface area (Å²) in [5, 5.41) is 0. The van der Waals surface area contributed by atoms with Crippen molar-refractivity contribution in [3.05, 3.63) is 18.2 Å². The minimum Gasteiger partial charge on any atom is -0.497 e. The molecule has 0 fully saturated rings. The van der Waals surface area contributed by atoms with Crippen LogP contribution in [-0.2, 0) is 10.0 Å². The third-order valence-corrected chi connectivity index (χ3v) is 4.75. The van der Waals surface area contributed by atoms with Crippen LogP contribution in [0.25, 0.3) is 0 Å². The molecule has 0 atom stereocenters. The van der Waals surface area contributed by atoms with E-state index in [4.69, 9.17) is 10.5 Å². The van der Waals surface area contributed by atoms with Crippen molar-refractivity contribution >= 4 is 15.7 Å². The fraction of sp³-hybridized carbons (Fsp3) is 0.571. The molecule has 3 N–H and O–H groups in total. The van der Waals surface area contributed by atoms with Crippen molar-refractivity contribution in [2.75, 3.05) is 39.0 Å². The van der Waals surface area contributed by atoms with Crippen LogP contribution in [0.5, 0.6) is 5.75 Å². The van der Waals surface area contributed by atoms with Crippen molar-refractivity contribution in [2.45, 2.75) is 25.2 Å². The molecule has 0 aliphatic carbocycles. The lowest BCUT2D eigenvalue weighted by molar-refractivity contribution is 0.293. The van der Waals surface area contributed by atoms with E-state index in [1.807, 2.05) is 0 Å². The zero-order valence-electron chi connectivity index (χ0n) is 12.9. The summed E-state index contributed by atoms with van der Waals surface area (Å²) >= 11 is 0. The number of benzene rings is 1. The second-order valence-electron chi connectivity index (χ2n) is 4.74. The molecule has 6 nitrogen and oxygen atoms in total. The molecule has 0 heterocycles. The molecule has 0 amide bonds. The van der Waals surface area contributed by atoms with Gasteiger partial charge in [-0.15, -0.1) is 0 Å². The van der Waals surface area contributed by atoms with Crippen molar-refractivity contribution in [1.82, 2.24) is 9.62 Å². The van der Waals surface area contributed by atoms with Crippen LogP contribution >= 0.6 is 0 Å². The van der Waals surface area contributed by atoms with Gasteiger partial charge in [0.1, 0.15) is 10.6 Å². The van der Waals surface area contributed by atoms with Gasteiger partial charge in [-0.2, -0.15) is 0 Å². The number of nitrogens with zero attached hydrogens (tertiary/aromatic N) is 1. The third-order valence-electron chi connectivity index (χ3n) is 3.21. The van der Waals surface area contributed by atoms with E-state index in [-0.39, 0.29) is 10.6 Å². The topological polar surface area (TPSA) is 84.7 Å². The van der Waals surface area contributed by atoms with Gasteiger partial charge in [0.05, 0.1) is 12.8 Å². The van der Waals surface area contributed by atoms with Gasteiger partial charge in [-0.25, -0.2) is 13.1 Å². The number of nitrogens with one attached hydrogen (secondary N) is 1. The highest BCUT2D eigenvalue weighted by atomic mass is 32.2. The second-order valence-corrected chi connectivity index (χ2v) is 6.47. The lowest BCUT2D eigenvalue weighted by Crippen LogP contribution is -2.35. The Bertz CT molecular complexity index is 546. The maximum absolute atomic E-state index is 12.2. The number of nitrogens with two attached hydrogens (primary N) is 1. The van der Waals surface area contributed by atoms with Crippen LogP contribution in [0.1, 0.15) is 20.3 Å². The lowest BCUT2D eigenvalue weighted by atomic mass is 10.3. The van der Waals surface area contributed by atoms with Crippen LogP contribution < -0.4 is 15.2 Å². The maximum atomic E-state index is 12.2. The SMILES string of the molecule is CCCN(CC)CCNS(=O)(=O)c1ccc(OC)cc1N. The highest BCUT2D eigenvalue weighted by Gasteiger charge is 2.17. The molecular weight excluding hydrogens is 290 g/mol. The smallest absolute Gasteiger partial charge is 0.242 e. The van der Waals surface area contributed by atoms with Crippen molar-refractivity contribution in [1.29, 1.82) is 0 Å². The summed E-state index contributed by atoms with van der Waals surface area (Å²) in [4.78, 5) is 2.28. The van der Waals surface area contributed by atoms with E-state index < -0.39 is 10.0 Å². The number of rotatable bonds is 9. The summed E-state index contributed by atoms with van der Waals surface area (Å²) in [6.45, 7) is 7.07. The fourth-order valence-electron chi connectivity index (χ4n) is 2.06. The molecule has 0 radical (unpaired) electrons. The van der Waals surface area contributed by atoms with Gasteiger partial charge in [-0.1, -0.05) is 13.8 Å². The first-order valence-electron chi connectivity index (χ1n) is 7.10. The first-order chi connectivity index (χ1) is 9.94. The number of likely N-dealkylation sites (N-methyl/N-ethyl adjacent to an activating group) is 1. The lowest BCUT2D eigenvalue weighted by Gasteiger charge is -2.19. The van der Waals surface area contributed by atoms with Crippen LogP contribution in [-0.4, -0.2) is 46.6 Å². The Hall–Kier alpha value is -1.31. The van der Waals surface area contributed by atoms with Gasteiger partial charge in [0.25, 0.3) is 0 Å². The van der Waals surface area contributed by atoms with Gasteiger partial charge < -0.3 is 15.4 Å². The summed E-state index contributed by atoms with van der Waals surface area (Å²) in [6, 6.07) is 4.55. The quantitative estimate of drug-likeness (QED) is 0.671. The van der Waals surface area contributed by atoms with E-state index >= 15 is 0 Å². The molecule has 0 unspecified atom stereocenters. The number of methoxy groups -OCH3 is 1. The van der Waals surface area contributed by atoms with E-state index in [1.54, 1.807) is 6.07 Å². The first-order valence-corrected chi connectivity index (χ1v) is 8.58. The Morgan fingerprint density at radius 2 is 2.00 bits per heavy atom. The Morgan fingerprint density at radius 3 is 2.52 bits per heavy atom. The number of anilines is 1. The number of hydrogen-bond donors (Lipinski definition) is 2. The standard InChI is InChI=1S/C14H25N3O3S/c1-4-9-17(5-2)10-8-16-21(18,19)14-7-6-12(20-3)11-13(14)15/h6-7,11,16H,4-5,8-10,15H2,1-3H3. The average Bonchev–Trinajstić information content (AvgIpc) is 2.45. The predicted octanol–water partition coefficient (Wildman–Crippen LogP) is 1.29. The highest BCUT2D eigenvalue weighted by Crippen LogP contribution is 2.23. The van der Waals surface area contributed by atoms with Crippen molar-refractivity contribution < 1.29 is 13.2 Å². The molecule has 0 spiro atoms. The normalized spacial score (nSPS) is 11.8. The summed E-state index contributed by atoms with van der Waals surface area (Å²) in [5.41, 5.74) is 5.96. The fourth-order valence-corrected chi connectivity index (χ4v) is 3.19. The molecule has 1 aromatic rings. The summed E-state index contributed by atoms with van der Waals surface area (Å²) < 4.78 is 32.1. The van der Waals surface area contributed by atoms with Crippen LogP contribution in [0.3, 0.4) is 0 Å². The van der Waals surface area contributed by atoms with Crippen LogP contribution in [0.15, 0.2) is 23.1 Å². The van der Waals surface area contributed by atoms with E-state index in [2.05, 4.69) is 23.5 Å². The predicted molar refractivity (Wildman–Crippen MR) is 85.0 cm³/mol. The summed E-state index contributed by atoms with van der Waals surface area (Å²) in [7, 11) is -2.08. The van der Waals surface area contributed by atoms with Gasteiger partial charge in [-0.05, 0) is 31.6 Å². The first kappa shape index (κ1) is 17.7. The van der Waals surface area contributed by atoms with Gasteiger partial charge in [0, 0.05) is 19.2 Å². The largest absolute Gasteiger partial charge is 0.497 e. The second kappa shape index (κ2) is 8.21. The van der Waals surface area contributed by atoms with Crippen molar-refractivity contribution in [2.24, 2.45) is 0 Å². The molecule has 21 heavy (non-hydrogen) atoms. The van der Waals surface area contributed by atoms with Gasteiger partial charge in [-0.3, -0.25) is 0 Å². The molecule has 0 bridgehead atoms. The molecule has 0 saturated heterocycles. The monoisotopic (exact) mass is 315 g/mol. The average molecular weight is 315 g/mol. The van der Waals surface area contributed by atoms with Crippen LogP contribution in [0.4, 0.5) is 5.69 Å². The molecular formula is C14H25N3O3S. The maximum Gasteiger partial charge on any atom is 0.242 e. The van der Waals surface area contributed by atoms with E-state index in [0.717, 1.165) is 19.5 Å². The van der Waals surface area contributed by atoms with E-state index in [0.29, 0.717) is 18.8 Å². The van der Waals surface area contributed by atoms with Crippen molar-refractivity contribution in [3.8, 4) is 5.75 Å². The minimum atomic E-state index is -3.59. The Kier molecular flexibility index (Phi) is 6.94. The number of nitrogen functional groups attached to an aromatic ring is 1. The molecule has 0 aliphatic rings. The van der Waals surface area contributed by atoms with Crippen LogP contribution in [0, 0.1) is 0 Å². The molecule has 120 valence electrons. The van der Waals surface area contributed by atoms with Crippen molar-refractivity contribution in [3.63, 3.8) is 0 Å². The molecule has 1 rings (SSSR count). The Balaban J connectivity index is 2.69. The minimum absolute atomic E-state index is 0.0850. The third kappa shape index (κ3) is 5.18.